The molecular weight excluding hydrogens is 291 g/mol. The van der Waals surface area contributed by atoms with Crippen molar-refractivity contribution < 1.29 is 18.8 Å². The van der Waals surface area contributed by atoms with E-state index in [1.807, 2.05) is 39.8 Å². The summed E-state index contributed by atoms with van der Waals surface area (Å²) in [4.78, 5) is 11.5. The average molecular weight is 318 g/mol. The minimum absolute atomic E-state index is 0.451. The maximum absolute atomic E-state index is 11.5. The highest BCUT2D eigenvalue weighted by Crippen LogP contribution is 2.37. The summed E-state index contributed by atoms with van der Waals surface area (Å²) < 4.78 is 18.1. The minimum atomic E-state index is -0.595. The molecule has 1 aromatic carbocycles. The standard InChI is InChI=1S/C18H27BO4/c1-6-7-8-12-21-15-11-9-10-14(13-20)16(15)19-22-17(2,3)18(4,5)23-19/h9-11,13H,6-8,12H2,1-5H3. The molecule has 126 valence electrons. The number of hydrogen-bond donors (Lipinski definition) is 0. The molecule has 1 aliphatic rings. The van der Waals surface area contributed by atoms with E-state index in [0.717, 1.165) is 25.5 Å². The highest BCUT2D eigenvalue weighted by atomic mass is 16.7. The largest absolute Gasteiger partial charge is 0.499 e. The van der Waals surface area contributed by atoms with E-state index < -0.39 is 18.3 Å². The molecule has 0 aliphatic carbocycles. The van der Waals surface area contributed by atoms with Gasteiger partial charge >= 0.3 is 7.12 Å². The van der Waals surface area contributed by atoms with Crippen LogP contribution in [0.1, 0.15) is 64.2 Å². The molecule has 0 spiro atoms. The molecule has 5 heteroatoms. The van der Waals surface area contributed by atoms with Gasteiger partial charge in [-0.2, -0.15) is 0 Å². The van der Waals surface area contributed by atoms with Gasteiger partial charge in [0.25, 0.3) is 0 Å². The number of ether oxygens (including phenoxy) is 1. The number of carbonyl (C=O) groups is 1. The molecule has 0 unspecified atom stereocenters. The Morgan fingerprint density at radius 1 is 1.13 bits per heavy atom. The van der Waals surface area contributed by atoms with Gasteiger partial charge in [0.05, 0.1) is 17.8 Å². The van der Waals surface area contributed by atoms with Crippen LogP contribution in [-0.4, -0.2) is 31.2 Å². The highest BCUT2D eigenvalue weighted by Gasteiger charge is 2.53. The normalized spacial score (nSPS) is 18.9. The van der Waals surface area contributed by atoms with Gasteiger partial charge in [-0.1, -0.05) is 31.9 Å². The number of carbonyl (C=O) groups excluding carboxylic acids is 1. The van der Waals surface area contributed by atoms with Crippen LogP contribution in [-0.2, 0) is 9.31 Å². The molecule has 0 radical (unpaired) electrons. The molecule has 1 aromatic rings. The third-order valence-corrected chi connectivity index (χ3v) is 4.72. The van der Waals surface area contributed by atoms with Crippen LogP contribution in [0.15, 0.2) is 18.2 Å². The predicted octanol–water partition coefficient (Wildman–Crippen LogP) is 3.37. The third-order valence-electron chi connectivity index (χ3n) is 4.72. The van der Waals surface area contributed by atoms with E-state index in [-0.39, 0.29) is 0 Å². The molecule has 0 aromatic heterocycles. The first kappa shape index (κ1) is 18.0. The fraction of sp³-hybridized carbons (Fsp3) is 0.611. The monoisotopic (exact) mass is 318 g/mol. The van der Waals surface area contributed by atoms with E-state index in [0.29, 0.717) is 23.4 Å². The summed E-state index contributed by atoms with van der Waals surface area (Å²) in [7, 11) is -0.595. The quantitative estimate of drug-likeness (QED) is 0.439. The molecule has 0 bridgehead atoms. The van der Waals surface area contributed by atoms with E-state index >= 15 is 0 Å². The van der Waals surface area contributed by atoms with E-state index in [9.17, 15) is 4.79 Å². The van der Waals surface area contributed by atoms with E-state index in [1.165, 1.54) is 0 Å². The van der Waals surface area contributed by atoms with Crippen molar-refractivity contribution >= 4 is 18.9 Å². The van der Waals surface area contributed by atoms with Crippen LogP contribution in [0, 0.1) is 0 Å². The fourth-order valence-corrected chi connectivity index (χ4v) is 2.54. The maximum Gasteiger partial charge on any atom is 0.499 e. The predicted molar refractivity (Wildman–Crippen MR) is 92.6 cm³/mol. The summed E-state index contributed by atoms with van der Waals surface area (Å²) in [5.41, 5.74) is 0.342. The summed E-state index contributed by atoms with van der Waals surface area (Å²) >= 11 is 0. The molecule has 0 saturated carbocycles. The van der Waals surface area contributed by atoms with E-state index in [2.05, 4.69) is 6.92 Å². The summed E-state index contributed by atoms with van der Waals surface area (Å²) in [6.45, 7) is 10.8. The van der Waals surface area contributed by atoms with Crippen molar-refractivity contribution in [2.45, 2.75) is 65.1 Å². The second-order valence-corrected chi connectivity index (χ2v) is 7.02. The van der Waals surface area contributed by atoms with Crippen molar-refractivity contribution in [3.63, 3.8) is 0 Å². The van der Waals surface area contributed by atoms with Crippen molar-refractivity contribution in [2.24, 2.45) is 0 Å². The molecule has 1 saturated heterocycles. The maximum atomic E-state index is 11.5. The zero-order chi connectivity index (χ0) is 17.1. The Kier molecular flexibility index (Phi) is 5.53. The summed E-state index contributed by atoms with van der Waals surface area (Å²) in [5.74, 6) is 0.671. The van der Waals surface area contributed by atoms with Crippen LogP contribution in [0.4, 0.5) is 0 Å². The Morgan fingerprint density at radius 3 is 2.35 bits per heavy atom. The molecule has 0 N–H and O–H groups in total. The number of unbranched alkanes of at least 4 members (excludes halogenated alkanes) is 2. The van der Waals surface area contributed by atoms with Crippen LogP contribution in [0.25, 0.3) is 0 Å². The smallest absolute Gasteiger partial charge is 0.494 e. The minimum Gasteiger partial charge on any atom is -0.494 e. The molecule has 1 aliphatic heterocycles. The van der Waals surface area contributed by atoms with Gasteiger partial charge in [-0.05, 0) is 40.2 Å². The van der Waals surface area contributed by atoms with Gasteiger partial charge in [-0.25, -0.2) is 0 Å². The van der Waals surface area contributed by atoms with Crippen LogP contribution in [0.2, 0.25) is 0 Å². The van der Waals surface area contributed by atoms with Gasteiger partial charge in [0.15, 0.2) is 0 Å². The van der Waals surface area contributed by atoms with Crippen LogP contribution in [0.3, 0.4) is 0 Å². The van der Waals surface area contributed by atoms with Gasteiger partial charge < -0.3 is 14.0 Å². The lowest BCUT2D eigenvalue weighted by Crippen LogP contribution is -2.41. The topological polar surface area (TPSA) is 44.8 Å². The number of rotatable bonds is 7. The van der Waals surface area contributed by atoms with Gasteiger partial charge in [0, 0.05) is 11.0 Å². The van der Waals surface area contributed by atoms with Crippen molar-refractivity contribution in [3.05, 3.63) is 23.8 Å². The Balaban J connectivity index is 2.28. The lowest BCUT2D eigenvalue weighted by molar-refractivity contribution is 0.00578. The summed E-state index contributed by atoms with van der Waals surface area (Å²) in [5, 5.41) is 0. The van der Waals surface area contributed by atoms with Crippen LogP contribution >= 0.6 is 0 Å². The summed E-state index contributed by atoms with van der Waals surface area (Å²) in [6.07, 6.45) is 4.09. The molecule has 1 fully saturated rings. The lowest BCUT2D eigenvalue weighted by Gasteiger charge is -2.32. The lowest BCUT2D eigenvalue weighted by atomic mass is 9.75. The Hall–Kier alpha value is -1.33. The highest BCUT2D eigenvalue weighted by molar-refractivity contribution is 6.64. The Labute approximate surface area is 139 Å². The first-order chi connectivity index (χ1) is 10.8. The molecule has 23 heavy (non-hydrogen) atoms. The fourth-order valence-electron chi connectivity index (χ4n) is 2.54. The van der Waals surface area contributed by atoms with Crippen molar-refractivity contribution in [2.75, 3.05) is 6.61 Å². The van der Waals surface area contributed by atoms with Crippen LogP contribution in [0.5, 0.6) is 5.75 Å². The molecule has 0 atom stereocenters. The second kappa shape index (κ2) is 7.06. The van der Waals surface area contributed by atoms with E-state index in [1.54, 1.807) is 6.07 Å². The first-order valence-corrected chi connectivity index (χ1v) is 8.39. The van der Waals surface area contributed by atoms with Gasteiger partial charge in [-0.3, -0.25) is 4.79 Å². The third kappa shape index (κ3) is 3.78. The first-order valence-electron chi connectivity index (χ1n) is 8.39. The SMILES string of the molecule is CCCCCOc1cccc(C=O)c1B1OC(C)(C)C(C)(C)O1. The number of benzene rings is 1. The molecule has 2 rings (SSSR count). The van der Waals surface area contributed by atoms with E-state index in [4.69, 9.17) is 14.0 Å². The van der Waals surface area contributed by atoms with Crippen LogP contribution < -0.4 is 10.2 Å². The zero-order valence-corrected chi connectivity index (χ0v) is 14.8. The summed E-state index contributed by atoms with van der Waals surface area (Å²) in [6, 6.07) is 5.47. The van der Waals surface area contributed by atoms with Crippen molar-refractivity contribution in [1.82, 2.24) is 0 Å². The van der Waals surface area contributed by atoms with Gasteiger partial charge in [0.2, 0.25) is 0 Å². The number of hydrogen-bond acceptors (Lipinski definition) is 4. The molecule has 4 nitrogen and oxygen atoms in total. The average Bonchev–Trinajstić information content (AvgIpc) is 2.71. The number of aldehydes is 1. The second-order valence-electron chi connectivity index (χ2n) is 7.02. The molecule has 1 heterocycles. The molecular formula is C18H27BO4. The van der Waals surface area contributed by atoms with Gasteiger partial charge in [-0.15, -0.1) is 0 Å². The Bertz CT molecular complexity index is 538. The van der Waals surface area contributed by atoms with Gasteiger partial charge in [0.1, 0.15) is 12.0 Å². The van der Waals surface area contributed by atoms with Crippen molar-refractivity contribution in [3.8, 4) is 5.75 Å². The Morgan fingerprint density at radius 2 is 1.78 bits per heavy atom. The zero-order valence-electron chi connectivity index (χ0n) is 14.8. The molecule has 0 amide bonds. The van der Waals surface area contributed by atoms with Crippen molar-refractivity contribution in [1.29, 1.82) is 0 Å².